The average Bonchev–Trinajstić information content (AvgIpc) is 2.93. The largest absolute Gasteiger partial charge is 0.314 e. The van der Waals surface area contributed by atoms with Crippen LogP contribution in [-0.2, 0) is 0 Å². The van der Waals surface area contributed by atoms with E-state index >= 15 is 0 Å². The van der Waals surface area contributed by atoms with Crippen molar-refractivity contribution in [3.8, 4) is 6.07 Å². The number of piperazine rings is 1. The van der Waals surface area contributed by atoms with Crippen molar-refractivity contribution in [2.45, 2.75) is 19.9 Å². The highest BCUT2D eigenvalue weighted by Crippen LogP contribution is 2.28. The van der Waals surface area contributed by atoms with E-state index in [4.69, 9.17) is 0 Å². The number of aryl methyl sites for hydroxylation is 2. The summed E-state index contributed by atoms with van der Waals surface area (Å²) in [6, 6.07) is 2.26. The van der Waals surface area contributed by atoms with Crippen molar-refractivity contribution in [3.63, 3.8) is 0 Å². The van der Waals surface area contributed by atoms with Crippen molar-refractivity contribution < 1.29 is 0 Å². The number of aromatic nitrogens is 2. The maximum absolute atomic E-state index is 9.61. The lowest BCUT2D eigenvalue weighted by Crippen LogP contribution is -2.45. The maximum atomic E-state index is 9.61. The van der Waals surface area contributed by atoms with Gasteiger partial charge >= 0.3 is 0 Å². The molecule has 6 heteroatoms. The fraction of sp³-hybridized carbons (Fsp3) is 0.538. The Kier molecular flexibility index (Phi) is 3.27. The van der Waals surface area contributed by atoms with Crippen LogP contribution in [0.25, 0.3) is 4.96 Å². The van der Waals surface area contributed by atoms with Gasteiger partial charge in [0.1, 0.15) is 6.04 Å². The predicted octanol–water partition coefficient (Wildman–Crippen LogP) is 1.48. The Morgan fingerprint density at radius 3 is 2.84 bits per heavy atom. The zero-order valence-corrected chi connectivity index (χ0v) is 12.0. The van der Waals surface area contributed by atoms with E-state index in [1.54, 1.807) is 11.3 Å². The molecule has 0 amide bonds. The minimum Gasteiger partial charge on any atom is -0.314 e. The SMILES string of the molecule is Cc1nc2scc(C)n2c1C(C#N)N1CCNCC1. The van der Waals surface area contributed by atoms with Crippen LogP contribution >= 0.6 is 11.3 Å². The van der Waals surface area contributed by atoms with E-state index in [0.29, 0.717) is 0 Å². The highest BCUT2D eigenvalue weighted by Gasteiger charge is 2.27. The van der Waals surface area contributed by atoms with Gasteiger partial charge in [0.25, 0.3) is 0 Å². The maximum Gasteiger partial charge on any atom is 0.194 e. The van der Waals surface area contributed by atoms with Gasteiger partial charge in [0, 0.05) is 37.3 Å². The minimum atomic E-state index is -0.203. The second kappa shape index (κ2) is 4.93. The van der Waals surface area contributed by atoms with Crippen LogP contribution in [-0.4, -0.2) is 40.5 Å². The van der Waals surface area contributed by atoms with Gasteiger partial charge in [0.15, 0.2) is 4.96 Å². The molecule has 5 nitrogen and oxygen atoms in total. The third-order valence-corrected chi connectivity index (χ3v) is 4.60. The van der Waals surface area contributed by atoms with E-state index in [1.807, 2.05) is 6.92 Å². The first-order chi connectivity index (χ1) is 9.22. The van der Waals surface area contributed by atoms with E-state index in [2.05, 4.69) is 38.0 Å². The van der Waals surface area contributed by atoms with Crippen molar-refractivity contribution in [1.29, 1.82) is 5.26 Å². The van der Waals surface area contributed by atoms with Crippen LogP contribution in [0.15, 0.2) is 5.38 Å². The number of nitrogens with one attached hydrogen (secondary N) is 1. The van der Waals surface area contributed by atoms with Crippen LogP contribution < -0.4 is 5.32 Å². The van der Waals surface area contributed by atoms with Crippen molar-refractivity contribution >= 4 is 16.3 Å². The Morgan fingerprint density at radius 2 is 2.16 bits per heavy atom. The number of nitrogens with zero attached hydrogens (tertiary/aromatic N) is 4. The molecule has 2 aromatic heterocycles. The third kappa shape index (κ3) is 2.04. The number of hydrogen-bond donors (Lipinski definition) is 1. The summed E-state index contributed by atoms with van der Waals surface area (Å²) >= 11 is 1.64. The fourth-order valence-electron chi connectivity index (χ4n) is 2.70. The summed E-state index contributed by atoms with van der Waals surface area (Å²) in [6.07, 6.45) is 0. The van der Waals surface area contributed by atoms with Crippen molar-refractivity contribution in [3.05, 3.63) is 22.5 Å². The van der Waals surface area contributed by atoms with Crippen LogP contribution in [0.2, 0.25) is 0 Å². The summed E-state index contributed by atoms with van der Waals surface area (Å²) in [6.45, 7) is 7.78. The lowest BCUT2D eigenvalue weighted by molar-refractivity contribution is 0.203. The van der Waals surface area contributed by atoms with E-state index in [1.165, 1.54) is 0 Å². The van der Waals surface area contributed by atoms with Crippen molar-refractivity contribution in [2.24, 2.45) is 0 Å². The summed E-state index contributed by atoms with van der Waals surface area (Å²) in [7, 11) is 0. The smallest absolute Gasteiger partial charge is 0.194 e. The molecule has 0 radical (unpaired) electrons. The van der Waals surface area contributed by atoms with Gasteiger partial charge < -0.3 is 5.32 Å². The third-order valence-electron chi connectivity index (χ3n) is 3.65. The van der Waals surface area contributed by atoms with Gasteiger partial charge in [-0.05, 0) is 13.8 Å². The molecule has 1 saturated heterocycles. The van der Waals surface area contributed by atoms with Gasteiger partial charge in [0.2, 0.25) is 0 Å². The quantitative estimate of drug-likeness (QED) is 0.902. The predicted molar refractivity (Wildman–Crippen MR) is 75.3 cm³/mol. The monoisotopic (exact) mass is 275 g/mol. The number of nitriles is 1. The molecule has 3 heterocycles. The molecule has 0 spiro atoms. The first-order valence-corrected chi connectivity index (χ1v) is 7.37. The van der Waals surface area contributed by atoms with Crippen molar-refractivity contribution in [1.82, 2.24) is 19.6 Å². The molecule has 100 valence electrons. The Morgan fingerprint density at radius 1 is 1.42 bits per heavy atom. The van der Waals surface area contributed by atoms with E-state index in [9.17, 15) is 5.26 Å². The standard InChI is InChI=1S/C13H17N5S/c1-9-8-19-13-16-10(2)12(18(9)13)11(7-14)17-5-3-15-4-6-17/h8,11,15H,3-6H2,1-2H3. The van der Waals surface area contributed by atoms with Gasteiger partial charge in [0.05, 0.1) is 17.5 Å². The van der Waals surface area contributed by atoms with Crippen LogP contribution in [0.5, 0.6) is 0 Å². The lowest BCUT2D eigenvalue weighted by atomic mass is 10.1. The Labute approximate surface area is 116 Å². The average molecular weight is 275 g/mol. The summed E-state index contributed by atoms with van der Waals surface area (Å²) in [5, 5.41) is 15.0. The Hall–Kier alpha value is -1.42. The normalized spacial score (nSPS) is 18.6. The fourth-order valence-corrected chi connectivity index (χ4v) is 3.62. The number of imidazole rings is 1. The van der Waals surface area contributed by atoms with Gasteiger partial charge in [-0.3, -0.25) is 9.30 Å². The van der Waals surface area contributed by atoms with Gasteiger partial charge in [-0.2, -0.15) is 5.26 Å². The molecule has 2 aromatic rings. The zero-order valence-electron chi connectivity index (χ0n) is 11.2. The molecule has 1 atom stereocenters. The molecule has 19 heavy (non-hydrogen) atoms. The Bertz CT molecular complexity index is 629. The van der Waals surface area contributed by atoms with Crippen LogP contribution in [0, 0.1) is 25.2 Å². The summed E-state index contributed by atoms with van der Waals surface area (Å²) < 4.78 is 2.13. The molecular formula is C13H17N5S. The van der Waals surface area contributed by atoms with Crippen molar-refractivity contribution in [2.75, 3.05) is 26.2 Å². The number of fused-ring (bicyclic) bond motifs is 1. The van der Waals surface area contributed by atoms with Crippen LogP contribution in [0.1, 0.15) is 23.1 Å². The number of hydrogen-bond acceptors (Lipinski definition) is 5. The highest BCUT2D eigenvalue weighted by molar-refractivity contribution is 7.15. The molecule has 0 aromatic carbocycles. The molecule has 0 saturated carbocycles. The van der Waals surface area contributed by atoms with Gasteiger partial charge in [-0.15, -0.1) is 11.3 Å². The highest BCUT2D eigenvalue weighted by atomic mass is 32.1. The van der Waals surface area contributed by atoms with Crippen LogP contribution in [0.3, 0.4) is 0 Å². The van der Waals surface area contributed by atoms with Gasteiger partial charge in [-0.25, -0.2) is 4.98 Å². The molecule has 1 N–H and O–H groups in total. The molecule has 0 bridgehead atoms. The summed E-state index contributed by atoms with van der Waals surface area (Å²) in [4.78, 5) is 7.81. The summed E-state index contributed by atoms with van der Waals surface area (Å²) in [5.74, 6) is 0. The molecule has 3 rings (SSSR count). The minimum absolute atomic E-state index is 0.203. The molecule has 1 aliphatic heterocycles. The first kappa shape index (κ1) is 12.6. The number of rotatable bonds is 2. The molecule has 1 fully saturated rings. The molecule has 1 unspecified atom stereocenters. The van der Waals surface area contributed by atoms with E-state index < -0.39 is 0 Å². The zero-order chi connectivity index (χ0) is 13.4. The molecule has 1 aliphatic rings. The second-order valence-corrected chi connectivity index (χ2v) is 5.73. The van der Waals surface area contributed by atoms with Crippen LogP contribution in [0.4, 0.5) is 0 Å². The van der Waals surface area contributed by atoms with E-state index in [-0.39, 0.29) is 6.04 Å². The first-order valence-electron chi connectivity index (χ1n) is 6.50. The van der Waals surface area contributed by atoms with Gasteiger partial charge in [-0.1, -0.05) is 0 Å². The van der Waals surface area contributed by atoms with E-state index in [0.717, 1.165) is 48.2 Å². The lowest BCUT2D eigenvalue weighted by Gasteiger charge is -2.31. The molecular weight excluding hydrogens is 258 g/mol. The Balaban J connectivity index is 2.07. The summed E-state index contributed by atoms with van der Waals surface area (Å²) in [5.41, 5.74) is 3.17. The molecule has 0 aliphatic carbocycles. The second-order valence-electron chi connectivity index (χ2n) is 4.90. The number of thiazole rings is 1. The topological polar surface area (TPSA) is 56.4 Å².